The molecular formula is C22H18F2N2O4. The predicted molar refractivity (Wildman–Crippen MR) is 103 cm³/mol. The van der Waals surface area contributed by atoms with Gasteiger partial charge in [0, 0.05) is 16.8 Å². The van der Waals surface area contributed by atoms with Crippen molar-refractivity contribution in [2.75, 3.05) is 13.7 Å². The van der Waals surface area contributed by atoms with Gasteiger partial charge < -0.3 is 9.47 Å². The number of halogens is 2. The van der Waals surface area contributed by atoms with E-state index in [1.807, 2.05) is 0 Å². The predicted octanol–water partition coefficient (Wildman–Crippen LogP) is 3.69. The molecule has 0 bridgehead atoms. The normalized spacial score (nSPS) is 12.5. The molecule has 0 unspecified atom stereocenters. The van der Waals surface area contributed by atoms with Crippen LogP contribution in [0.2, 0.25) is 0 Å². The van der Waals surface area contributed by atoms with E-state index >= 15 is 0 Å². The number of carbonyl (C=O) groups excluding carboxylic acids is 2. The fraction of sp³-hybridized carbons (Fsp3) is 0.227. The van der Waals surface area contributed by atoms with Gasteiger partial charge in [0.2, 0.25) is 0 Å². The minimum atomic E-state index is -0.726. The second-order valence-corrected chi connectivity index (χ2v) is 6.86. The topological polar surface area (TPSA) is 70.4 Å². The Morgan fingerprint density at radius 1 is 1.10 bits per heavy atom. The summed E-state index contributed by atoms with van der Waals surface area (Å²) < 4.78 is 38.6. The highest BCUT2D eigenvalue weighted by Crippen LogP contribution is 2.28. The van der Waals surface area contributed by atoms with Gasteiger partial charge in [0.05, 0.1) is 12.8 Å². The molecule has 0 atom stereocenters. The van der Waals surface area contributed by atoms with Crippen LogP contribution in [-0.4, -0.2) is 35.2 Å². The summed E-state index contributed by atoms with van der Waals surface area (Å²) in [5.41, 5.74) is 2.49. The Morgan fingerprint density at radius 2 is 1.87 bits per heavy atom. The van der Waals surface area contributed by atoms with E-state index in [1.54, 1.807) is 16.8 Å². The Bertz CT molecular complexity index is 1120. The molecule has 0 amide bonds. The van der Waals surface area contributed by atoms with Crippen LogP contribution in [0.1, 0.15) is 38.5 Å². The number of benzene rings is 2. The summed E-state index contributed by atoms with van der Waals surface area (Å²) in [5, 5.41) is 4.35. The zero-order valence-electron chi connectivity index (χ0n) is 16.2. The molecule has 1 aliphatic rings. The van der Waals surface area contributed by atoms with Gasteiger partial charge in [0.15, 0.2) is 29.7 Å². The average Bonchev–Trinajstić information content (AvgIpc) is 3.35. The van der Waals surface area contributed by atoms with E-state index in [0.29, 0.717) is 12.1 Å². The van der Waals surface area contributed by atoms with E-state index < -0.39 is 24.2 Å². The van der Waals surface area contributed by atoms with Crippen LogP contribution in [0.25, 0.3) is 5.69 Å². The Balaban J connectivity index is 1.51. The minimum absolute atomic E-state index is 0.0189. The number of fused-ring (bicyclic) bond motifs is 1. The number of carbonyl (C=O) groups is 2. The lowest BCUT2D eigenvalue weighted by molar-refractivity contribution is 0.0467. The van der Waals surface area contributed by atoms with Crippen LogP contribution in [-0.2, 0) is 17.6 Å². The van der Waals surface area contributed by atoms with E-state index in [2.05, 4.69) is 5.10 Å². The molecule has 0 spiro atoms. The van der Waals surface area contributed by atoms with Crippen molar-refractivity contribution in [1.29, 1.82) is 0 Å². The van der Waals surface area contributed by atoms with Gasteiger partial charge in [-0.2, -0.15) is 5.10 Å². The van der Waals surface area contributed by atoms with Crippen LogP contribution >= 0.6 is 0 Å². The van der Waals surface area contributed by atoms with Crippen molar-refractivity contribution in [3.05, 3.63) is 76.6 Å². The van der Waals surface area contributed by atoms with Crippen molar-refractivity contribution < 1.29 is 27.8 Å². The van der Waals surface area contributed by atoms with Crippen molar-refractivity contribution in [3.63, 3.8) is 0 Å². The number of aromatic nitrogens is 2. The third kappa shape index (κ3) is 3.68. The van der Waals surface area contributed by atoms with Crippen LogP contribution in [0.4, 0.5) is 8.78 Å². The SMILES string of the molecule is COc1ccc(C(=O)COC(=O)c2nn(-c3ccc(F)cc3)c3c2CCC3)cc1F. The first kappa shape index (κ1) is 19.8. The number of hydrogen-bond acceptors (Lipinski definition) is 5. The lowest BCUT2D eigenvalue weighted by Gasteiger charge is -2.06. The largest absolute Gasteiger partial charge is 0.494 e. The maximum atomic E-state index is 13.8. The highest BCUT2D eigenvalue weighted by Gasteiger charge is 2.28. The first-order chi connectivity index (χ1) is 14.5. The molecule has 0 saturated carbocycles. The molecule has 0 fully saturated rings. The van der Waals surface area contributed by atoms with E-state index in [1.165, 1.54) is 31.4 Å². The van der Waals surface area contributed by atoms with Gasteiger partial charge in [-0.3, -0.25) is 4.79 Å². The quantitative estimate of drug-likeness (QED) is 0.456. The molecule has 2 aromatic carbocycles. The van der Waals surface area contributed by atoms with Crippen molar-refractivity contribution in [1.82, 2.24) is 9.78 Å². The Hall–Kier alpha value is -3.55. The molecule has 6 nitrogen and oxygen atoms in total. The smallest absolute Gasteiger partial charge is 0.359 e. The summed E-state index contributed by atoms with van der Waals surface area (Å²) in [6.07, 6.45) is 2.26. The molecule has 8 heteroatoms. The molecule has 0 saturated heterocycles. The Morgan fingerprint density at radius 3 is 2.57 bits per heavy atom. The highest BCUT2D eigenvalue weighted by atomic mass is 19.1. The van der Waals surface area contributed by atoms with Crippen LogP contribution in [0.5, 0.6) is 5.75 Å². The van der Waals surface area contributed by atoms with Gasteiger partial charge in [0.1, 0.15) is 5.82 Å². The van der Waals surface area contributed by atoms with Gasteiger partial charge in [-0.1, -0.05) is 0 Å². The Labute approximate surface area is 171 Å². The number of ketones is 1. The average molecular weight is 412 g/mol. The van der Waals surface area contributed by atoms with Gasteiger partial charge in [0.25, 0.3) is 0 Å². The molecule has 0 radical (unpaired) electrons. The monoisotopic (exact) mass is 412 g/mol. The molecule has 1 aromatic heterocycles. The molecule has 1 aliphatic carbocycles. The van der Waals surface area contributed by atoms with Crippen molar-refractivity contribution in [2.24, 2.45) is 0 Å². The van der Waals surface area contributed by atoms with Gasteiger partial charge >= 0.3 is 5.97 Å². The van der Waals surface area contributed by atoms with E-state index in [9.17, 15) is 18.4 Å². The summed E-state index contributed by atoms with van der Waals surface area (Å²) in [7, 11) is 1.32. The number of ether oxygens (including phenoxy) is 2. The zero-order chi connectivity index (χ0) is 21.3. The number of esters is 1. The molecule has 0 N–H and O–H groups in total. The molecule has 4 rings (SSSR count). The van der Waals surface area contributed by atoms with Gasteiger partial charge in [-0.25, -0.2) is 18.3 Å². The van der Waals surface area contributed by atoms with Crippen molar-refractivity contribution in [2.45, 2.75) is 19.3 Å². The second-order valence-electron chi connectivity index (χ2n) is 6.86. The van der Waals surface area contributed by atoms with Gasteiger partial charge in [-0.05, 0) is 61.7 Å². The van der Waals surface area contributed by atoms with E-state index in [-0.39, 0.29) is 22.8 Å². The third-order valence-corrected chi connectivity index (χ3v) is 5.00. The summed E-state index contributed by atoms with van der Waals surface area (Å²) in [6, 6.07) is 9.58. The number of nitrogens with zero attached hydrogens (tertiary/aromatic N) is 2. The maximum Gasteiger partial charge on any atom is 0.359 e. The number of hydrogen-bond donors (Lipinski definition) is 0. The van der Waals surface area contributed by atoms with Crippen LogP contribution in [0, 0.1) is 11.6 Å². The molecule has 154 valence electrons. The lowest BCUT2D eigenvalue weighted by atomic mass is 10.1. The van der Waals surface area contributed by atoms with E-state index in [4.69, 9.17) is 9.47 Å². The fourth-order valence-electron chi connectivity index (χ4n) is 3.52. The van der Waals surface area contributed by atoms with Gasteiger partial charge in [-0.15, -0.1) is 0 Å². The second kappa shape index (κ2) is 8.06. The fourth-order valence-corrected chi connectivity index (χ4v) is 3.52. The summed E-state index contributed by atoms with van der Waals surface area (Å²) >= 11 is 0. The molecule has 1 heterocycles. The van der Waals surface area contributed by atoms with Crippen molar-refractivity contribution in [3.8, 4) is 11.4 Å². The number of Topliss-reactive ketones (excluding diaryl/α,β-unsaturated/α-hetero) is 1. The molecule has 3 aromatic rings. The van der Waals surface area contributed by atoms with Crippen LogP contribution in [0.3, 0.4) is 0 Å². The summed E-state index contributed by atoms with van der Waals surface area (Å²) in [6.45, 7) is -0.539. The molecule has 0 aliphatic heterocycles. The third-order valence-electron chi connectivity index (χ3n) is 5.00. The minimum Gasteiger partial charge on any atom is -0.494 e. The summed E-state index contributed by atoms with van der Waals surface area (Å²) in [4.78, 5) is 24.9. The zero-order valence-corrected chi connectivity index (χ0v) is 16.2. The lowest BCUT2D eigenvalue weighted by Crippen LogP contribution is -2.16. The van der Waals surface area contributed by atoms with E-state index in [0.717, 1.165) is 30.2 Å². The maximum absolute atomic E-state index is 13.8. The van der Waals surface area contributed by atoms with Crippen LogP contribution in [0.15, 0.2) is 42.5 Å². The first-order valence-corrected chi connectivity index (χ1v) is 9.38. The highest BCUT2D eigenvalue weighted by molar-refractivity contribution is 5.99. The number of methoxy groups -OCH3 is 1. The van der Waals surface area contributed by atoms with Crippen LogP contribution < -0.4 is 4.74 Å². The summed E-state index contributed by atoms with van der Waals surface area (Å²) in [5.74, 6) is -2.29. The van der Waals surface area contributed by atoms with Crippen molar-refractivity contribution >= 4 is 11.8 Å². The molecular weight excluding hydrogens is 394 g/mol. The first-order valence-electron chi connectivity index (χ1n) is 9.38. The standard InChI is InChI=1S/C22H18F2N2O4/c1-29-20-10-5-13(11-17(20)24)19(27)12-30-22(28)21-16-3-2-4-18(16)26(25-21)15-8-6-14(23)7-9-15/h5-11H,2-4,12H2,1H3. The molecule has 30 heavy (non-hydrogen) atoms. The Kier molecular flexibility index (Phi) is 5.31. The number of rotatable bonds is 6.